The molecule has 0 spiro atoms. The van der Waals surface area contributed by atoms with Crippen LogP contribution in [0, 0.1) is 0 Å². The standard InChI is InChI=1S/C26H22ClNO5/c1-32-19-10-6-7-16(13-19)15-28-23(17-8-4-3-5-9-17)22(25(30)26(28)31)24(29)18-11-12-21(33-2)20(27)14-18/h3-14,23,29H,15H2,1-2H3/b24-22-. The van der Waals surface area contributed by atoms with E-state index >= 15 is 0 Å². The molecule has 3 aromatic carbocycles. The van der Waals surface area contributed by atoms with Crippen molar-refractivity contribution in [3.63, 3.8) is 0 Å². The van der Waals surface area contributed by atoms with Gasteiger partial charge in [0.15, 0.2) is 0 Å². The second kappa shape index (κ2) is 9.38. The molecule has 1 saturated heterocycles. The van der Waals surface area contributed by atoms with Crippen molar-refractivity contribution in [2.45, 2.75) is 12.6 Å². The lowest BCUT2D eigenvalue weighted by Gasteiger charge is -2.25. The van der Waals surface area contributed by atoms with E-state index in [-0.39, 0.29) is 22.9 Å². The maximum absolute atomic E-state index is 13.1. The Morgan fingerprint density at radius 3 is 2.39 bits per heavy atom. The van der Waals surface area contributed by atoms with Gasteiger partial charge in [0.2, 0.25) is 0 Å². The monoisotopic (exact) mass is 463 g/mol. The highest BCUT2D eigenvalue weighted by Crippen LogP contribution is 2.41. The molecule has 1 atom stereocenters. The number of carbonyl (C=O) groups is 2. The van der Waals surface area contributed by atoms with Crippen molar-refractivity contribution < 1.29 is 24.2 Å². The van der Waals surface area contributed by atoms with Gasteiger partial charge >= 0.3 is 0 Å². The Morgan fingerprint density at radius 1 is 0.970 bits per heavy atom. The summed E-state index contributed by atoms with van der Waals surface area (Å²) in [5.74, 6) is -0.650. The number of Topliss-reactive ketones (excluding diaryl/α,β-unsaturated/α-hetero) is 1. The van der Waals surface area contributed by atoms with E-state index in [1.807, 2.05) is 48.5 Å². The topological polar surface area (TPSA) is 76.1 Å². The first-order chi connectivity index (χ1) is 15.9. The van der Waals surface area contributed by atoms with E-state index in [4.69, 9.17) is 21.1 Å². The quantitative estimate of drug-likeness (QED) is 0.317. The van der Waals surface area contributed by atoms with Crippen molar-refractivity contribution >= 4 is 29.1 Å². The molecule has 7 heteroatoms. The summed E-state index contributed by atoms with van der Waals surface area (Å²) in [5.41, 5.74) is 1.84. The lowest BCUT2D eigenvalue weighted by atomic mass is 9.95. The minimum atomic E-state index is -0.765. The Kier molecular flexibility index (Phi) is 6.38. The Labute approximate surface area is 196 Å². The second-order valence-electron chi connectivity index (χ2n) is 7.54. The van der Waals surface area contributed by atoms with Crippen molar-refractivity contribution in [2.75, 3.05) is 14.2 Å². The Morgan fingerprint density at radius 2 is 1.73 bits per heavy atom. The summed E-state index contributed by atoms with van der Waals surface area (Å²) in [6.45, 7) is 0.168. The summed E-state index contributed by atoms with van der Waals surface area (Å²) >= 11 is 6.23. The van der Waals surface area contributed by atoms with Gasteiger partial charge in [-0.15, -0.1) is 0 Å². The average Bonchev–Trinajstić information content (AvgIpc) is 3.09. The van der Waals surface area contributed by atoms with E-state index in [1.165, 1.54) is 18.1 Å². The number of benzene rings is 3. The normalized spacial score (nSPS) is 17.3. The molecule has 0 bridgehead atoms. The van der Waals surface area contributed by atoms with Crippen LogP contribution >= 0.6 is 11.6 Å². The zero-order valence-corrected chi connectivity index (χ0v) is 18.9. The number of ether oxygens (including phenoxy) is 2. The van der Waals surface area contributed by atoms with Crippen LogP contribution in [0.5, 0.6) is 11.5 Å². The molecule has 0 aromatic heterocycles. The number of carbonyl (C=O) groups excluding carboxylic acids is 2. The number of hydrogen-bond acceptors (Lipinski definition) is 5. The highest BCUT2D eigenvalue weighted by Gasteiger charge is 2.46. The van der Waals surface area contributed by atoms with E-state index in [0.717, 1.165) is 5.56 Å². The van der Waals surface area contributed by atoms with Crippen LogP contribution in [0.4, 0.5) is 0 Å². The summed E-state index contributed by atoms with van der Waals surface area (Å²) in [6.07, 6.45) is 0. The van der Waals surface area contributed by atoms with Crippen molar-refractivity contribution in [3.8, 4) is 11.5 Å². The van der Waals surface area contributed by atoms with Gasteiger partial charge in [-0.25, -0.2) is 0 Å². The number of aliphatic hydroxyl groups excluding tert-OH is 1. The summed E-state index contributed by atoms with van der Waals surface area (Å²) in [5, 5.41) is 11.4. The van der Waals surface area contributed by atoms with Crippen LogP contribution in [0.25, 0.3) is 5.76 Å². The highest BCUT2D eigenvalue weighted by atomic mass is 35.5. The molecule has 0 aliphatic carbocycles. The number of halogens is 1. The van der Waals surface area contributed by atoms with E-state index in [0.29, 0.717) is 22.6 Å². The molecule has 1 heterocycles. The van der Waals surface area contributed by atoms with Gasteiger partial charge in [-0.2, -0.15) is 0 Å². The third kappa shape index (κ3) is 4.30. The number of ketones is 1. The summed E-state index contributed by atoms with van der Waals surface area (Å²) in [6, 6.07) is 20.4. The van der Waals surface area contributed by atoms with Gasteiger partial charge in [0.1, 0.15) is 17.3 Å². The van der Waals surface area contributed by atoms with Gasteiger partial charge in [-0.3, -0.25) is 9.59 Å². The first-order valence-corrected chi connectivity index (χ1v) is 10.6. The Hall–Kier alpha value is -3.77. The predicted molar refractivity (Wildman–Crippen MR) is 125 cm³/mol. The van der Waals surface area contributed by atoms with Crippen LogP contribution in [0.3, 0.4) is 0 Å². The van der Waals surface area contributed by atoms with Gasteiger partial charge in [0.05, 0.1) is 30.9 Å². The number of hydrogen-bond donors (Lipinski definition) is 1. The molecule has 1 aliphatic heterocycles. The van der Waals surface area contributed by atoms with E-state index in [9.17, 15) is 14.7 Å². The molecule has 33 heavy (non-hydrogen) atoms. The molecular formula is C26H22ClNO5. The van der Waals surface area contributed by atoms with E-state index in [2.05, 4.69) is 0 Å². The molecule has 1 aliphatic rings. The lowest BCUT2D eigenvalue weighted by molar-refractivity contribution is -0.140. The number of nitrogens with zero attached hydrogens (tertiary/aromatic N) is 1. The zero-order chi connectivity index (χ0) is 23.5. The fourth-order valence-corrected chi connectivity index (χ4v) is 4.22. The number of aliphatic hydroxyl groups is 1. The van der Waals surface area contributed by atoms with Gasteiger partial charge in [0, 0.05) is 12.1 Å². The minimum absolute atomic E-state index is 0.00956. The van der Waals surface area contributed by atoms with E-state index in [1.54, 1.807) is 25.3 Å². The molecule has 4 rings (SSSR count). The Bertz CT molecular complexity index is 1240. The molecule has 6 nitrogen and oxygen atoms in total. The van der Waals surface area contributed by atoms with Gasteiger partial charge in [0.25, 0.3) is 11.7 Å². The van der Waals surface area contributed by atoms with Crippen molar-refractivity contribution in [3.05, 3.63) is 100 Å². The average molecular weight is 464 g/mol. The molecule has 1 N–H and O–H groups in total. The summed E-state index contributed by atoms with van der Waals surface area (Å²) < 4.78 is 10.5. The number of amides is 1. The van der Waals surface area contributed by atoms with Crippen molar-refractivity contribution in [1.29, 1.82) is 0 Å². The third-order valence-electron chi connectivity index (χ3n) is 5.57. The largest absolute Gasteiger partial charge is 0.507 e. The molecule has 1 amide bonds. The molecule has 1 fully saturated rings. The van der Waals surface area contributed by atoms with Gasteiger partial charge < -0.3 is 19.5 Å². The number of likely N-dealkylation sites (tertiary alicyclic amines) is 1. The predicted octanol–water partition coefficient (Wildman–Crippen LogP) is 4.98. The second-order valence-corrected chi connectivity index (χ2v) is 7.95. The highest BCUT2D eigenvalue weighted by molar-refractivity contribution is 6.46. The SMILES string of the molecule is COc1cccc(CN2C(=O)C(=O)/C(=C(\O)c3ccc(OC)c(Cl)c3)C2c2ccccc2)c1. The molecule has 168 valence electrons. The number of methoxy groups -OCH3 is 2. The van der Waals surface area contributed by atoms with Gasteiger partial charge in [-0.05, 0) is 41.5 Å². The maximum Gasteiger partial charge on any atom is 0.295 e. The zero-order valence-electron chi connectivity index (χ0n) is 18.1. The van der Waals surface area contributed by atoms with Crippen LogP contribution in [0.15, 0.2) is 78.4 Å². The van der Waals surface area contributed by atoms with Crippen molar-refractivity contribution in [1.82, 2.24) is 4.90 Å². The molecule has 0 saturated carbocycles. The van der Waals surface area contributed by atoms with Crippen LogP contribution in [-0.4, -0.2) is 35.9 Å². The summed E-state index contributed by atoms with van der Waals surface area (Å²) in [7, 11) is 3.05. The smallest absolute Gasteiger partial charge is 0.295 e. The summed E-state index contributed by atoms with van der Waals surface area (Å²) in [4.78, 5) is 27.7. The first kappa shape index (κ1) is 22.4. The minimum Gasteiger partial charge on any atom is -0.507 e. The van der Waals surface area contributed by atoms with Crippen molar-refractivity contribution in [2.24, 2.45) is 0 Å². The molecular weight excluding hydrogens is 442 g/mol. The third-order valence-corrected chi connectivity index (χ3v) is 5.86. The fraction of sp³-hybridized carbons (Fsp3) is 0.154. The first-order valence-electron chi connectivity index (χ1n) is 10.2. The molecule has 3 aromatic rings. The van der Waals surface area contributed by atoms with Gasteiger partial charge in [-0.1, -0.05) is 54.1 Å². The van der Waals surface area contributed by atoms with E-state index < -0.39 is 17.7 Å². The van der Waals surface area contributed by atoms with Crippen LogP contribution < -0.4 is 9.47 Å². The Balaban J connectivity index is 1.83. The van der Waals surface area contributed by atoms with Crippen LogP contribution in [0.2, 0.25) is 5.02 Å². The molecule has 0 radical (unpaired) electrons. The number of rotatable bonds is 6. The lowest BCUT2D eigenvalue weighted by Crippen LogP contribution is -2.29. The van der Waals surface area contributed by atoms with Crippen LogP contribution in [-0.2, 0) is 16.1 Å². The maximum atomic E-state index is 13.1. The molecule has 1 unspecified atom stereocenters. The fourth-order valence-electron chi connectivity index (χ4n) is 3.96. The van der Waals surface area contributed by atoms with Crippen LogP contribution in [0.1, 0.15) is 22.7 Å².